The molecule has 20 heavy (non-hydrogen) atoms. The van der Waals surface area contributed by atoms with Crippen molar-refractivity contribution < 1.29 is 0 Å². The van der Waals surface area contributed by atoms with E-state index in [2.05, 4.69) is 23.8 Å². The van der Waals surface area contributed by atoms with Crippen LogP contribution in [0, 0.1) is 0 Å². The Bertz CT molecular complexity index is 612. The summed E-state index contributed by atoms with van der Waals surface area (Å²) in [6, 6.07) is 18.2. The molecule has 2 rings (SSSR count). The summed E-state index contributed by atoms with van der Waals surface area (Å²) >= 11 is 0. The lowest BCUT2D eigenvalue weighted by atomic mass is 10.2. The summed E-state index contributed by atoms with van der Waals surface area (Å²) < 4.78 is 0. The molecule has 0 aliphatic heterocycles. The van der Waals surface area contributed by atoms with E-state index < -0.39 is 0 Å². The lowest BCUT2D eigenvalue weighted by Crippen LogP contribution is -1.97. The Morgan fingerprint density at radius 1 is 0.850 bits per heavy atom. The van der Waals surface area contributed by atoms with E-state index in [9.17, 15) is 0 Å². The van der Waals surface area contributed by atoms with Crippen molar-refractivity contribution >= 4 is 17.1 Å². The van der Waals surface area contributed by atoms with Crippen LogP contribution < -0.4 is 10.6 Å². The predicted octanol–water partition coefficient (Wildman–Crippen LogP) is 5.10. The van der Waals surface area contributed by atoms with E-state index in [-0.39, 0.29) is 0 Å². The fraction of sp³-hybridized carbons (Fsp3) is 0. The summed E-state index contributed by atoms with van der Waals surface area (Å²) in [5.74, 6) is 0. The zero-order chi connectivity index (χ0) is 14.2. The standard InChI is InChI=1S/C18H18N2/c1-3-9-15(4-2)19-17-12-8-13-18(14-17)20-16-10-6-5-7-11-16/h3-14,19-20H,1-2H2/b15-9+. The van der Waals surface area contributed by atoms with Gasteiger partial charge in [0.25, 0.3) is 0 Å². The Morgan fingerprint density at radius 2 is 1.55 bits per heavy atom. The van der Waals surface area contributed by atoms with Gasteiger partial charge in [-0.2, -0.15) is 0 Å². The highest BCUT2D eigenvalue weighted by atomic mass is 14.9. The van der Waals surface area contributed by atoms with Crippen LogP contribution in [0.15, 0.2) is 91.7 Å². The number of nitrogens with one attached hydrogen (secondary N) is 2. The molecular formula is C18H18N2. The first-order valence-corrected chi connectivity index (χ1v) is 6.46. The molecule has 0 atom stereocenters. The Labute approximate surface area is 120 Å². The third-order valence-corrected chi connectivity index (χ3v) is 2.73. The first-order chi connectivity index (χ1) is 9.81. The second-order valence-electron chi connectivity index (χ2n) is 4.26. The van der Waals surface area contributed by atoms with Crippen molar-refractivity contribution in [3.63, 3.8) is 0 Å². The molecule has 0 bridgehead atoms. The zero-order valence-corrected chi connectivity index (χ0v) is 11.3. The van der Waals surface area contributed by atoms with Gasteiger partial charge in [-0.3, -0.25) is 0 Å². The first-order valence-electron chi connectivity index (χ1n) is 6.46. The average Bonchev–Trinajstić information content (AvgIpc) is 2.48. The number of benzene rings is 2. The van der Waals surface area contributed by atoms with Crippen molar-refractivity contribution in [3.8, 4) is 0 Å². The minimum absolute atomic E-state index is 0.914. The maximum Gasteiger partial charge on any atom is 0.0405 e. The topological polar surface area (TPSA) is 24.1 Å². The Kier molecular flexibility index (Phi) is 4.79. The van der Waals surface area contributed by atoms with Crippen LogP contribution in [0.1, 0.15) is 0 Å². The molecule has 0 spiro atoms. The fourth-order valence-electron chi connectivity index (χ4n) is 1.82. The van der Waals surface area contributed by atoms with E-state index in [1.54, 1.807) is 12.2 Å². The predicted molar refractivity (Wildman–Crippen MR) is 88.3 cm³/mol. The molecule has 0 fully saturated rings. The zero-order valence-electron chi connectivity index (χ0n) is 11.3. The molecule has 2 nitrogen and oxygen atoms in total. The normalized spacial score (nSPS) is 10.7. The molecule has 2 aromatic rings. The summed E-state index contributed by atoms with van der Waals surface area (Å²) in [7, 11) is 0. The number of para-hydroxylation sites is 1. The molecule has 0 saturated carbocycles. The van der Waals surface area contributed by atoms with Crippen LogP contribution in [0.2, 0.25) is 0 Å². The smallest absolute Gasteiger partial charge is 0.0405 e. The van der Waals surface area contributed by atoms with Crippen LogP contribution in [0.25, 0.3) is 0 Å². The van der Waals surface area contributed by atoms with Crippen molar-refractivity contribution in [2.45, 2.75) is 0 Å². The van der Waals surface area contributed by atoms with Gasteiger partial charge < -0.3 is 10.6 Å². The van der Waals surface area contributed by atoms with Crippen molar-refractivity contribution in [3.05, 3.63) is 91.7 Å². The van der Waals surface area contributed by atoms with Gasteiger partial charge in [-0.15, -0.1) is 0 Å². The molecule has 0 aliphatic carbocycles. The second-order valence-corrected chi connectivity index (χ2v) is 4.26. The van der Waals surface area contributed by atoms with Crippen molar-refractivity contribution in [2.75, 3.05) is 10.6 Å². The van der Waals surface area contributed by atoms with Gasteiger partial charge in [-0.05, 0) is 42.5 Å². The van der Waals surface area contributed by atoms with E-state index in [0.29, 0.717) is 0 Å². The molecule has 0 saturated heterocycles. The van der Waals surface area contributed by atoms with Crippen LogP contribution in [-0.2, 0) is 0 Å². The maximum absolute atomic E-state index is 3.77. The number of allylic oxidation sites excluding steroid dienone is 3. The van der Waals surface area contributed by atoms with Gasteiger partial charge in [0.15, 0.2) is 0 Å². The quantitative estimate of drug-likeness (QED) is 0.708. The maximum atomic E-state index is 3.77. The molecule has 0 unspecified atom stereocenters. The minimum Gasteiger partial charge on any atom is -0.355 e. The highest BCUT2D eigenvalue weighted by molar-refractivity contribution is 5.65. The summed E-state index contributed by atoms with van der Waals surface area (Å²) in [6.45, 7) is 7.46. The molecule has 2 aromatic carbocycles. The Hall–Kier alpha value is -2.74. The van der Waals surface area contributed by atoms with Gasteiger partial charge in [0.1, 0.15) is 0 Å². The lowest BCUT2D eigenvalue weighted by Gasteiger charge is -2.10. The average molecular weight is 262 g/mol. The molecule has 2 N–H and O–H groups in total. The monoisotopic (exact) mass is 262 g/mol. The van der Waals surface area contributed by atoms with E-state index in [1.165, 1.54) is 0 Å². The summed E-state index contributed by atoms with van der Waals surface area (Å²) in [6.07, 6.45) is 5.37. The molecule has 100 valence electrons. The van der Waals surface area contributed by atoms with Gasteiger partial charge >= 0.3 is 0 Å². The third-order valence-electron chi connectivity index (χ3n) is 2.73. The SMILES string of the molecule is C=C/C=C(\C=C)Nc1cccc(Nc2ccccc2)c1. The fourth-order valence-corrected chi connectivity index (χ4v) is 1.82. The van der Waals surface area contributed by atoms with Crippen LogP contribution in [0.4, 0.5) is 17.1 Å². The van der Waals surface area contributed by atoms with Crippen molar-refractivity contribution in [2.24, 2.45) is 0 Å². The number of hydrogen-bond donors (Lipinski definition) is 2. The summed E-state index contributed by atoms with van der Waals surface area (Å²) in [4.78, 5) is 0. The minimum atomic E-state index is 0.914. The van der Waals surface area contributed by atoms with Gasteiger partial charge in [0.2, 0.25) is 0 Å². The molecular weight excluding hydrogens is 244 g/mol. The molecule has 2 heteroatoms. The van der Waals surface area contributed by atoms with Crippen LogP contribution in [0.3, 0.4) is 0 Å². The molecule has 0 heterocycles. The first kappa shape index (κ1) is 13.7. The lowest BCUT2D eigenvalue weighted by molar-refractivity contribution is 1.47. The summed E-state index contributed by atoms with van der Waals surface area (Å²) in [5.41, 5.74) is 4.01. The van der Waals surface area contributed by atoms with Gasteiger partial charge in [0.05, 0.1) is 0 Å². The highest BCUT2D eigenvalue weighted by Crippen LogP contribution is 2.20. The van der Waals surface area contributed by atoms with Crippen LogP contribution in [0.5, 0.6) is 0 Å². The van der Waals surface area contributed by atoms with Crippen molar-refractivity contribution in [1.29, 1.82) is 0 Å². The Balaban J connectivity index is 2.14. The van der Waals surface area contributed by atoms with E-state index in [4.69, 9.17) is 0 Å². The van der Waals surface area contributed by atoms with Gasteiger partial charge in [-0.1, -0.05) is 43.5 Å². The van der Waals surface area contributed by atoms with Crippen LogP contribution >= 0.6 is 0 Å². The van der Waals surface area contributed by atoms with Crippen LogP contribution in [-0.4, -0.2) is 0 Å². The number of anilines is 3. The number of hydrogen-bond acceptors (Lipinski definition) is 2. The summed E-state index contributed by atoms with van der Waals surface area (Å²) in [5, 5.41) is 6.65. The van der Waals surface area contributed by atoms with Crippen molar-refractivity contribution in [1.82, 2.24) is 0 Å². The van der Waals surface area contributed by atoms with E-state index >= 15 is 0 Å². The molecule has 0 aliphatic rings. The third kappa shape index (κ3) is 3.89. The molecule has 0 aromatic heterocycles. The Morgan fingerprint density at radius 3 is 2.25 bits per heavy atom. The highest BCUT2D eigenvalue weighted by Gasteiger charge is 1.97. The van der Waals surface area contributed by atoms with E-state index in [1.807, 2.05) is 60.7 Å². The second kappa shape index (κ2) is 7.00. The molecule has 0 radical (unpaired) electrons. The van der Waals surface area contributed by atoms with Gasteiger partial charge in [0, 0.05) is 22.8 Å². The van der Waals surface area contributed by atoms with Gasteiger partial charge in [-0.25, -0.2) is 0 Å². The molecule has 0 amide bonds. The number of rotatable bonds is 6. The van der Waals surface area contributed by atoms with E-state index in [0.717, 1.165) is 22.8 Å². The largest absolute Gasteiger partial charge is 0.355 e.